The maximum atomic E-state index is 13.7. The third-order valence-corrected chi connectivity index (χ3v) is 3.51. The van der Waals surface area contributed by atoms with E-state index in [0.717, 1.165) is 10.6 Å². The first-order valence-electron chi connectivity index (χ1n) is 5.16. The number of pyridine rings is 1. The van der Waals surface area contributed by atoms with Gasteiger partial charge in [-0.25, -0.2) is 4.39 Å². The van der Waals surface area contributed by atoms with Crippen molar-refractivity contribution in [2.24, 2.45) is 0 Å². The average molecular weight is 252 g/mol. The molecule has 0 aliphatic heterocycles. The third-order valence-electron chi connectivity index (χ3n) is 2.54. The summed E-state index contributed by atoms with van der Waals surface area (Å²) in [5.41, 5.74) is 0.572. The van der Waals surface area contributed by atoms with Gasteiger partial charge in [-0.2, -0.15) is 0 Å². The Morgan fingerprint density at radius 3 is 2.94 bits per heavy atom. The van der Waals surface area contributed by atoms with Gasteiger partial charge in [0.2, 0.25) is 0 Å². The van der Waals surface area contributed by atoms with Gasteiger partial charge in [0.05, 0.1) is 24.2 Å². The van der Waals surface area contributed by atoms with Crippen LogP contribution in [-0.4, -0.2) is 19.1 Å². The highest BCUT2D eigenvalue weighted by atomic mass is 32.1. The van der Waals surface area contributed by atoms with Crippen molar-refractivity contribution in [1.82, 2.24) is 10.3 Å². The molecule has 17 heavy (non-hydrogen) atoms. The number of methoxy groups -OCH3 is 1. The molecule has 0 saturated carbocycles. The average Bonchev–Trinajstić information content (AvgIpc) is 2.81. The molecule has 0 radical (unpaired) electrons. The molecular weight excluding hydrogens is 239 g/mol. The molecule has 0 amide bonds. The Morgan fingerprint density at radius 1 is 1.47 bits per heavy atom. The first-order chi connectivity index (χ1) is 8.27. The van der Waals surface area contributed by atoms with Gasteiger partial charge in [0.25, 0.3) is 0 Å². The number of rotatable bonds is 4. The summed E-state index contributed by atoms with van der Waals surface area (Å²) in [7, 11) is 3.41. The zero-order valence-electron chi connectivity index (χ0n) is 9.61. The van der Waals surface area contributed by atoms with Gasteiger partial charge in [0, 0.05) is 11.8 Å². The monoisotopic (exact) mass is 252 g/mol. The molecule has 2 rings (SSSR count). The maximum Gasteiger partial charge on any atom is 0.146 e. The molecule has 2 aromatic rings. The van der Waals surface area contributed by atoms with E-state index < -0.39 is 0 Å². The number of nitrogens with zero attached hydrogens (tertiary/aromatic N) is 1. The normalized spacial score (nSPS) is 12.4. The predicted octanol–water partition coefficient (Wildman–Crippen LogP) is 2.60. The van der Waals surface area contributed by atoms with Crippen LogP contribution in [0.1, 0.15) is 16.5 Å². The number of halogens is 1. The molecule has 1 atom stereocenters. The molecule has 1 unspecified atom stereocenters. The molecule has 0 aliphatic carbocycles. The molecule has 0 saturated heterocycles. The van der Waals surface area contributed by atoms with E-state index in [0.29, 0.717) is 5.56 Å². The number of nitrogens with one attached hydrogen (secondary N) is 1. The van der Waals surface area contributed by atoms with Crippen LogP contribution < -0.4 is 10.1 Å². The molecule has 2 aromatic heterocycles. The van der Waals surface area contributed by atoms with E-state index in [9.17, 15) is 4.39 Å². The summed E-state index contributed by atoms with van der Waals surface area (Å²) in [6, 6.07) is 3.34. The SMILES string of the molecule is CNC(c1ccncc1F)c1sccc1OC. The minimum atomic E-state index is -0.317. The van der Waals surface area contributed by atoms with Crippen molar-refractivity contribution in [2.45, 2.75) is 6.04 Å². The van der Waals surface area contributed by atoms with Gasteiger partial charge in [-0.05, 0) is 24.6 Å². The van der Waals surface area contributed by atoms with E-state index >= 15 is 0 Å². The molecule has 0 bridgehead atoms. The zero-order valence-corrected chi connectivity index (χ0v) is 10.4. The molecule has 0 fully saturated rings. The lowest BCUT2D eigenvalue weighted by Crippen LogP contribution is -2.18. The van der Waals surface area contributed by atoms with Gasteiger partial charge in [-0.1, -0.05) is 0 Å². The topological polar surface area (TPSA) is 34.2 Å². The Labute approximate surface area is 103 Å². The van der Waals surface area contributed by atoms with E-state index in [1.807, 2.05) is 11.4 Å². The highest BCUT2D eigenvalue weighted by molar-refractivity contribution is 7.10. The van der Waals surface area contributed by atoms with Gasteiger partial charge in [0.1, 0.15) is 11.6 Å². The van der Waals surface area contributed by atoms with Crippen LogP contribution in [0.15, 0.2) is 29.9 Å². The Balaban J connectivity index is 2.44. The van der Waals surface area contributed by atoms with Crippen molar-refractivity contribution < 1.29 is 9.13 Å². The molecule has 1 N–H and O–H groups in total. The number of aromatic nitrogens is 1. The fourth-order valence-corrected chi connectivity index (χ4v) is 2.72. The van der Waals surface area contributed by atoms with Crippen molar-refractivity contribution in [3.63, 3.8) is 0 Å². The molecule has 0 aliphatic rings. The molecule has 90 valence electrons. The molecule has 3 nitrogen and oxygen atoms in total. The van der Waals surface area contributed by atoms with Gasteiger partial charge in [-0.15, -0.1) is 11.3 Å². The minimum Gasteiger partial charge on any atom is -0.496 e. The van der Waals surface area contributed by atoms with Crippen LogP contribution in [-0.2, 0) is 0 Å². The molecular formula is C12H13FN2OS. The van der Waals surface area contributed by atoms with Crippen LogP contribution in [0.25, 0.3) is 0 Å². The van der Waals surface area contributed by atoms with Gasteiger partial charge < -0.3 is 10.1 Å². The number of hydrogen-bond acceptors (Lipinski definition) is 4. The van der Waals surface area contributed by atoms with Crippen LogP contribution >= 0.6 is 11.3 Å². The summed E-state index contributed by atoms with van der Waals surface area (Å²) in [5.74, 6) is 0.452. The van der Waals surface area contributed by atoms with E-state index in [-0.39, 0.29) is 11.9 Å². The quantitative estimate of drug-likeness (QED) is 0.908. The smallest absolute Gasteiger partial charge is 0.146 e. The highest BCUT2D eigenvalue weighted by Crippen LogP contribution is 2.35. The molecule has 2 heterocycles. The minimum absolute atomic E-state index is 0.215. The Kier molecular flexibility index (Phi) is 3.71. The second-order valence-corrected chi connectivity index (χ2v) is 4.42. The second kappa shape index (κ2) is 5.25. The summed E-state index contributed by atoms with van der Waals surface area (Å²) in [6.07, 6.45) is 2.81. The van der Waals surface area contributed by atoms with Gasteiger partial charge in [0.15, 0.2) is 0 Å². The largest absolute Gasteiger partial charge is 0.496 e. The molecule has 5 heteroatoms. The molecule has 0 spiro atoms. The third kappa shape index (κ3) is 2.30. The maximum absolute atomic E-state index is 13.7. The van der Waals surface area contributed by atoms with Crippen LogP contribution in [0.5, 0.6) is 5.75 Å². The van der Waals surface area contributed by atoms with Crippen molar-refractivity contribution in [3.05, 3.63) is 46.2 Å². The lowest BCUT2D eigenvalue weighted by molar-refractivity contribution is 0.408. The summed E-state index contributed by atoms with van der Waals surface area (Å²) < 4.78 is 19.0. The Morgan fingerprint density at radius 2 is 2.29 bits per heavy atom. The first kappa shape index (κ1) is 12.0. The Hall–Kier alpha value is -1.46. The number of hydrogen-bond donors (Lipinski definition) is 1. The predicted molar refractivity (Wildman–Crippen MR) is 66.0 cm³/mol. The lowest BCUT2D eigenvalue weighted by Gasteiger charge is -2.17. The lowest BCUT2D eigenvalue weighted by atomic mass is 10.1. The Bertz CT molecular complexity index is 501. The van der Waals surface area contributed by atoms with Crippen LogP contribution in [0.3, 0.4) is 0 Å². The van der Waals surface area contributed by atoms with E-state index in [4.69, 9.17) is 4.74 Å². The summed E-state index contributed by atoms with van der Waals surface area (Å²) in [6.45, 7) is 0. The van der Waals surface area contributed by atoms with Crippen molar-refractivity contribution in [2.75, 3.05) is 14.2 Å². The van der Waals surface area contributed by atoms with Crippen LogP contribution in [0, 0.1) is 5.82 Å². The number of thiophene rings is 1. The second-order valence-electron chi connectivity index (χ2n) is 3.47. The summed E-state index contributed by atoms with van der Waals surface area (Å²) in [4.78, 5) is 4.71. The van der Waals surface area contributed by atoms with Crippen molar-refractivity contribution in [1.29, 1.82) is 0 Å². The highest BCUT2D eigenvalue weighted by Gasteiger charge is 2.20. The van der Waals surface area contributed by atoms with Crippen molar-refractivity contribution >= 4 is 11.3 Å². The van der Waals surface area contributed by atoms with Gasteiger partial charge in [-0.3, -0.25) is 4.98 Å². The fourth-order valence-electron chi connectivity index (χ4n) is 1.74. The summed E-state index contributed by atoms with van der Waals surface area (Å²) >= 11 is 1.54. The first-order valence-corrected chi connectivity index (χ1v) is 6.04. The van der Waals surface area contributed by atoms with E-state index in [2.05, 4.69) is 10.3 Å². The van der Waals surface area contributed by atoms with Gasteiger partial charge >= 0.3 is 0 Å². The van der Waals surface area contributed by atoms with Crippen LogP contribution in [0.2, 0.25) is 0 Å². The summed E-state index contributed by atoms with van der Waals surface area (Å²) in [5, 5.41) is 5.03. The number of ether oxygens (including phenoxy) is 1. The standard InChI is InChI=1S/C12H13FN2OS/c1-14-11(8-3-5-15-7-9(8)13)12-10(16-2)4-6-17-12/h3-7,11,14H,1-2H3. The van der Waals surface area contributed by atoms with Crippen molar-refractivity contribution in [3.8, 4) is 5.75 Å². The zero-order chi connectivity index (χ0) is 12.3. The molecule has 0 aromatic carbocycles. The fraction of sp³-hybridized carbons (Fsp3) is 0.250. The van der Waals surface area contributed by atoms with E-state index in [1.54, 1.807) is 26.4 Å². The van der Waals surface area contributed by atoms with E-state index in [1.165, 1.54) is 17.5 Å². The van der Waals surface area contributed by atoms with Crippen LogP contribution in [0.4, 0.5) is 4.39 Å².